The van der Waals surface area contributed by atoms with E-state index in [1.807, 2.05) is 29.2 Å². The van der Waals surface area contributed by atoms with Gasteiger partial charge in [0.2, 0.25) is 0 Å². The molecule has 5 nitrogen and oxygen atoms in total. The lowest BCUT2D eigenvalue weighted by Crippen LogP contribution is -2.33. The number of Topliss-reactive ketones (excluding diaryl/α,β-unsaturated/α-hetero) is 1. The monoisotopic (exact) mass is 356 g/mol. The van der Waals surface area contributed by atoms with E-state index in [0.29, 0.717) is 5.56 Å². The van der Waals surface area contributed by atoms with Gasteiger partial charge in [0.15, 0.2) is 11.0 Å². The van der Waals surface area contributed by atoms with Crippen molar-refractivity contribution in [2.45, 2.75) is 0 Å². The standard InChI is InChI=1S/C19H20N2O3S/c1-23-16-7-3-14(4-8-16)18(22)13-21(19-20-11-12-25-19)15-5-9-17(24-2)10-6-15/h3-10H,11-13H2,1-2H3. The Hall–Kier alpha value is -2.47. The lowest BCUT2D eigenvalue weighted by atomic mass is 10.1. The van der Waals surface area contributed by atoms with Crippen LogP contribution in [-0.2, 0) is 0 Å². The molecular weight excluding hydrogens is 336 g/mol. The average molecular weight is 356 g/mol. The van der Waals surface area contributed by atoms with E-state index < -0.39 is 0 Å². The highest BCUT2D eigenvalue weighted by Crippen LogP contribution is 2.25. The molecule has 0 amide bonds. The van der Waals surface area contributed by atoms with E-state index in [9.17, 15) is 4.79 Å². The summed E-state index contributed by atoms with van der Waals surface area (Å²) in [4.78, 5) is 19.2. The average Bonchev–Trinajstić information content (AvgIpc) is 3.20. The van der Waals surface area contributed by atoms with Crippen molar-refractivity contribution in [3.63, 3.8) is 0 Å². The molecule has 2 aromatic rings. The highest BCUT2D eigenvalue weighted by atomic mass is 32.2. The van der Waals surface area contributed by atoms with Gasteiger partial charge in [-0.1, -0.05) is 11.8 Å². The SMILES string of the molecule is COc1ccc(C(=O)CN(C2=NCCS2)c2ccc(OC)cc2)cc1. The van der Waals surface area contributed by atoms with E-state index in [-0.39, 0.29) is 12.3 Å². The van der Waals surface area contributed by atoms with Gasteiger partial charge in [-0.25, -0.2) is 0 Å². The van der Waals surface area contributed by atoms with Crippen LogP contribution in [0.15, 0.2) is 53.5 Å². The van der Waals surface area contributed by atoms with Gasteiger partial charge in [0.05, 0.1) is 27.3 Å². The Morgan fingerprint density at radius 2 is 1.64 bits per heavy atom. The third-order valence-corrected chi connectivity index (χ3v) is 4.89. The number of amidine groups is 1. The van der Waals surface area contributed by atoms with E-state index in [1.165, 1.54) is 0 Å². The Kier molecular flexibility index (Phi) is 5.60. The highest BCUT2D eigenvalue weighted by molar-refractivity contribution is 8.14. The molecule has 0 fully saturated rings. The molecular formula is C19H20N2O3S. The molecule has 0 radical (unpaired) electrons. The Bertz CT molecular complexity index is 757. The summed E-state index contributed by atoms with van der Waals surface area (Å²) in [6.07, 6.45) is 0. The van der Waals surface area contributed by atoms with Gasteiger partial charge in [-0.15, -0.1) is 0 Å². The van der Waals surface area contributed by atoms with E-state index >= 15 is 0 Å². The maximum absolute atomic E-state index is 12.7. The second-order valence-corrected chi connectivity index (χ2v) is 6.51. The maximum atomic E-state index is 12.7. The summed E-state index contributed by atoms with van der Waals surface area (Å²) in [5, 5.41) is 0.882. The van der Waals surface area contributed by atoms with Crippen LogP contribution in [-0.4, -0.2) is 44.0 Å². The molecule has 2 aromatic carbocycles. The number of thioether (sulfide) groups is 1. The number of methoxy groups -OCH3 is 2. The minimum absolute atomic E-state index is 0.0358. The van der Waals surface area contributed by atoms with Gasteiger partial charge in [-0.3, -0.25) is 9.79 Å². The number of rotatable bonds is 6. The van der Waals surface area contributed by atoms with Crippen molar-refractivity contribution in [3.05, 3.63) is 54.1 Å². The zero-order valence-electron chi connectivity index (χ0n) is 14.3. The Morgan fingerprint density at radius 1 is 1.04 bits per heavy atom. The Morgan fingerprint density at radius 3 is 2.16 bits per heavy atom. The summed E-state index contributed by atoms with van der Waals surface area (Å²) >= 11 is 1.67. The molecule has 0 aliphatic carbocycles. The largest absolute Gasteiger partial charge is 0.497 e. The summed E-state index contributed by atoms with van der Waals surface area (Å²) < 4.78 is 10.4. The molecule has 130 valence electrons. The summed E-state index contributed by atoms with van der Waals surface area (Å²) in [6, 6.07) is 14.8. The predicted octanol–water partition coefficient (Wildman–Crippen LogP) is 3.50. The molecule has 0 unspecified atom stereocenters. The van der Waals surface area contributed by atoms with Gasteiger partial charge in [-0.05, 0) is 48.5 Å². The highest BCUT2D eigenvalue weighted by Gasteiger charge is 2.21. The number of hydrogen-bond acceptors (Lipinski definition) is 6. The van der Waals surface area contributed by atoms with E-state index in [2.05, 4.69) is 4.99 Å². The van der Waals surface area contributed by atoms with Crippen LogP contribution in [0, 0.1) is 0 Å². The molecule has 1 aliphatic rings. The fourth-order valence-corrected chi connectivity index (χ4v) is 3.40. The number of anilines is 1. The Balaban J connectivity index is 1.82. The molecule has 1 heterocycles. The van der Waals surface area contributed by atoms with Gasteiger partial charge in [-0.2, -0.15) is 0 Å². The lowest BCUT2D eigenvalue weighted by Gasteiger charge is -2.23. The molecule has 0 atom stereocenters. The fourth-order valence-electron chi connectivity index (χ4n) is 2.53. The fraction of sp³-hybridized carbons (Fsp3) is 0.263. The van der Waals surface area contributed by atoms with Crippen LogP contribution in [0.5, 0.6) is 11.5 Å². The first-order valence-electron chi connectivity index (χ1n) is 7.97. The van der Waals surface area contributed by atoms with Gasteiger partial charge < -0.3 is 14.4 Å². The molecule has 3 rings (SSSR count). The molecule has 1 aliphatic heterocycles. The van der Waals surface area contributed by atoms with Gasteiger partial charge in [0.1, 0.15) is 11.5 Å². The molecule has 25 heavy (non-hydrogen) atoms. The van der Waals surface area contributed by atoms with Gasteiger partial charge in [0.25, 0.3) is 0 Å². The minimum atomic E-state index is 0.0358. The molecule has 0 saturated carbocycles. The van der Waals surface area contributed by atoms with Crippen molar-refractivity contribution < 1.29 is 14.3 Å². The third-order valence-electron chi connectivity index (χ3n) is 3.90. The number of nitrogens with zero attached hydrogens (tertiary/aromatic N) is 2. The van der Waals surface area contributed by atoms with Gasteiger partial charge in [0, 0.05) is 17.0 Å². The number of carbonyl (C=O) groups is 1. The van der Waals surface area contributed by atoms with Crippen LogP contribution in [0.1, 0.15) is 10.4 Å². The summed E-state index contributed by atoms with van der Waals surface area (Å²) in [5.74, 6) is 2.50. The second kappa shape index (κ2) is 8.07. The van der Waals surface area contributed by atoms with Crippen LogP contribution in [0.3, 0.4) is 0 Å². The number of aliphatic imine (C=N–C) groups is 1. The molecule has 0 spiro atoms. The second-order valence-electron chi connectivity index (χ2n) is 5.45. The smallest absolute Gasteiger partial charge is 0.182 e. The van der Waals surface area contributed by atoms with Crippen LogP contribution in [0.2, 0.25) is 0 Å². The van der Waals surface area contributed by atoms with Crippen LogP contribution >= 0.6 is 11.8 Å². The maximum Gasteiger partial charge on any atom is 0.182 e. The van der Waals surface area contributed by atoms with Crippen molar-refractivity contribution in [1.82, 2.24) is 0 Å². The van der Waals surface area contributed by atoms with Crippen molar-refractivity contribution >= 4 is 28.4 Å². The topological polar surface area (TPSA) is 51.1 Å². The minimum Gasteiger partial charge on any atom is -0.497 e. The van der Waals surface area contributed by atoms with Crippen LogP contribution < -0.4 is 14.4 Å². The van der Waals surface area contributed by atoms with Crippen molar-refractivity contribution in [2.75, 3.05) is 38.0 Å². The number of carbonyl (C=O) groups excluding carboxylic acids is 1. The summed E-state index contributed by atoms with van der Waals surface area (Å²) in [6.45, 7) is 1.02. The van der Waals surface area contributed by atoms with E-state index in [0.717, 1.165) is 34.7 Å². The van der Waals surface area contributed by atoms with E-state index in [4.69, 9.17) is 9.47 Å². The molecule has 0 saturated heterocycles. The van der Waals surface area contributed by atoms with Crippen LogP contribution in [0.25, 0.3) is 0 Å². The first-order chi connectivity index (χ1) is 12.2. The molecule has 0 aromatic heterocycles. The first kappa shape index (κ1) is 17.4. The number of ketones is 1. The third kappa shape index (κ3) is 4.14. The summed E-state index contributed by atoms with van der Waals surface area (Å²) in [5.41, 5.74) is 1.58. The van der Waals surface area contributed by atoms with Crippen molar-refractivity contribution in [1.29, 1.82) is 0 Å². The molecule has 0 N–H and O–H groups in total. The van der Waals surface area contributed by atoms with E-state index in [1.54, 1.807) is 50.2 Å². The number of hydrogen-bond donors (Lipinski definition) is 0. The number of benzene rings is 2. The first-order valence-corrected chi connectivity index (χ1v) is 8.96. The van der Waals surface area contributed by atoms with Crippen LogP contribution in [0.4, 0.5) is 5.69 Å². The zero-order chi connectivity index (χ0) is 17.6. The van der Waals surface area contributed by atoms with Crippen molar-refractivity contribution in [2.24, 2.45) is 4.99 Å². The predicted molar refractivity (Wildman–Crippen MR) is 102 cm³/mol. The number of ether oxygens (including phenoxy) is 2. The molecule has 0 bridgehead atoms. The van der Waals surface area contributed by atoms with Crippen molar-refractivity contribution in [3.8, 4) is 11.5 Å². The van der Waals surface area contributed by atoms with Gasteiger partial charge >= 0.3 is 0 Å². The summed E-state index contributed by atoms with van der Waals surface area (Å²) in [7, 11) is 3.24. The molecule has 6 heteroatoms. The quantitative estimate of drug-likeness (QED) is 0.742. The zero-order valence-corrected chi connectivity index (χ0v) is 15.1. The normalized spacial score (nSPS) is 13.3. The lowest BCUT2D eigenvalue weighted by molar-refractivity contribution is 0.100. The Labute approximate surface area is 151 Å².